The van der Waals surface area contributed by atoms with E-state index in [1.807, 2.05) is 6.07 Å². The molecule has 0 saturated carbocycles. The van der Waals surface area contributed by atoms with Crippen LogP contribution in [0.4, 0.5) is 0 Å². The third kappa shape index (κ3) is 1.48. The van der Waals surface area contributed by atoms with Gasteiger partial charge in [0, 0.05) is 6.54 Å². The fourth-order valence-corrected chi connectivity index (χ4v) is 4.36. The van der Waals surface area contributed by atoms with Gasteiger partial charge in [-0.05, 0) is 42.5 Å². The molecule has 2 aliphatic rings. The van der Waals surface area contributed by atoms with Crippen molar-refractivity contribution in [1.82, 2.24) is 5.32 Å². The third-order valence-corrected chi connectivity index (χ3v) is 5.42. The number of nitrogens with one attached hydrogen (secondary N) is 1. The summed E-state index contributed by atoms with van der Waals surface area (Å²) in [5.74, 6) is 0.794. The molecule has 86 valence electrons. The number of benzene rings is 1. The van der Waals surface area contributed by atoms with Crippen LogP contribution in [0.25, 0.3) is 0 Å². The molecule has 4 heteroatoms. The Morgan fingerprint density at radius 2 is 2.19 bits per heavy atom. The molecule has 1 fully saturated rings. The van der Waals surface area contributed by atoms with Crippen LogP contribution in [0, 0.1) is 0 Å². The standard InChI is InChI=1S/C12H15NO2S/c14-16(15)7-5-11-10(2-1-3-12(11)16)9-4-6-13-8-9/h1-3,9,13H,4-8H2. The van der Waals surface area contributed by atoms with Crippen LogP contribution in [-0.2, 0) is 16.3 Å². The van der Waals surface area contributed by atoms with Gasteiger partial charge in [0.25, 0.3) is 0 Å². The predicted molar refractivity (Wildman–Crippen MR) is 62.4 cm³/mol. The van der Waals surface area contributed by atoms with Crippen LogP contribution in [0.1, 0.15) is 23.5 Å². The van der Waals surface area contributed by atoms with Crippen molar-refractivity contribution in [1.29, 1.82) is 0 Å². The minimum atomic E-state index is -2.98. The van der Waals surface area contributed by atoms with E-state index in [9.17, 15) is 8.42 Å². The number of rotatable bonds is 1. The summed E-state index contributed by atoms with van der Waals surface area (Å²) in [5.41, 5.74) is 2.33. The topological polar surface area (TPSA) is 46.2 Å². The number of hydrogen-bond donors (Lipinski definition) is 1. The van der Waals surface area contributed by atoms with Gasteiger partial charge in [0.15, 0.2) is 9.84 Å². The Bertz CT molecular complexity index is 516. The Kier molecular flexibility index (Phi) is 2.30. The Morgan fingerprint density at radius 1 is 1.31 bits per heavy atom. The molecular formula is C12H15NO2S. The van der Waals surface area contributed by atoms with E-state index in [-0.39, 0.29) is 0 Å². The van der Waals surface area contributed by atoms with Gasteiger partial charge in [-0.3, -0.25) is 0 Å². The average Bonchev–Trinajstić information content (AvgIpc) is 2.87. The van der Waals surface area contributed by atoms with E-state index in [1.54, 1.807) is 6.07 Å². The number of fused-ring (bicyclic) bond motifs is 1. The highest BCUT2D eigenvalue weighted by atomic mass is 32.2. The van der Waals surface area contributed by atoms with Gasteiger partial charge >= 0.3 is 0 Å². The van der Waals surface area contributed by atoms with E-state index in [0.29, 0.717) is 23.0 Å². The second-order valence-corrected chi connectivity index (χ2v) is 6.66. The molecule has 3 rings (SSSR count). The molecule has 1 unspecified atom stereocenters. The van der Waals surface area contributed by atoms with Crippen LogP contribution in [0.3, 0.4) is 0 Å². The summed E-state index contributed by atoms with van der Waals surface area (Å²) < 4.78 is 23.6. The van der Waals surface area contributed by atoms with E-state index in [2.05, 4.69) is 11.4 Å². The van der Waals surface area contributed by atoms with E-state index < -0.39 is 9.84 Å². The molecule has 1 N–H and O–H groups in total. The zero-order valence-corrected chi connectivity index (χ0v) is 9.89. The van der Waals surface area contributed by atoms with Crippen LogP contribution in [0.5, 0.6) is 0 Å². The van der Waals surface area contributed by atoms with Gasteiger partial charge in [-0.15, -0.1) is 0 Å². The van der Waals surface area contributed by atoms with Gasteiger partial charge < -0.3 is 5.32 Å². The zero-order valence-electron chi connectivity index (χ0n) is 9.07. The molecule has 1 saturated heterocycles. The van der Waals surface area contributed by atoms with Crippen molar-refractivity contribution in [2.24, 2.45) is 0 Å². The van der Waals surface area contributed by atoms with Crippen LogP contribution in [0.15, 0.2) is 23.1 Å². The van der Waals surface area contributed by atoms with Gasteiger partial charge in [-0.1, -0.05) is 12.1 Å². The summed E-state index contributed by atoms with van der Waals surface area (Å²) in [4.78, 5) is 0.580. The summed E-state index contributed by atoms with van der Waals surface area (Å²) in [6.07, 6.45) is 1.82. The van der Waals surface area contributed by atoms with Crippen molar-refractivity contribution >= 4 is 9.84 Å². The molecular weight excluding hydrogens is 222 g/mol. The van der Waals surface area contributed by atoms with Crippen molar-refractivity contribution in [3.8, 4) is 0 Å². The van der Waals surface area contributed by atoms with Gasteiger partial charge in [0.1, 0.15) is 0 Å². The highest BCUT2D eigenvalue weighted by molar-refractivity contribution is 7.91. The van der Waals surface area contributed by atoms with Gasteiger partial charge in [0.2, 0.25) is 0 Å². The normalized spacial score (nSPS) is 26.9. The summed E-state index contributed by atoms with van der Waals surface area (Å²) in [6.45, 7) is 2.03. The third-order valence-electron chi connectivity index (χ3n) is 3.63. The Labute approximate surface area is 95.8 Å². The van der Waals surface area contributed by atoms with Gasteiger partial charge in [-0.2, -0.15) is 0 Å². The minimum Gasteiger partial charge on any atom is -0.316 e. The van der Waals surface area contributed by atoms with Crippen LogP contribution in [0.2, 0.25) is 0 Å². The molecule has 0 aliphatic carbocycles. The molecule has 0 radical (unpaired) electrons. The number of hydrogen-bond acceptors (Lipinski definition) is 3. The zero-order chi connectivity index (χ0) is 11.2. The smallest absolute Gasteiger partial charge is 0.178 e. The van der Waals surface area contributed by atoms with E-state index in [0.717, 1.165) is 25.1 Å². The van der Waals surface area contributed by atoms with E-state index in [4.69, 9.17) is 0 Å². The van der Waals surface area contributed by atoms with Gasteiger partial charge in [0.05, 0.1) is 10.6 Å². The van der Waals surface area contributed by atoms with Crippen molar-refractivity contribution in [2.75, 3.05) is 18.8 Å². The molecule has 1 atom stereocenters. The highest BCUT2D eigenvalue weighted by Crippen LogP contribution is 2.34. The van der Waals surface area contributed by atoms with Gasteiger partial charge in [-0.25, -0.2) is 8.42 Å². The first-order chi connectivity index (χ1) is 7.68. The summed E-state index contributed by atoms with van der Waals surface area (Å²) >= 11 is 0. The van der Waals surface area contributed by atoms with Crippen molar-refractivity contribution in [3.05, 3.63) is 29.3 Å². The molecule has 2 aliphatic heterocycles. The van der Waals surface area contributed by atoms with Crippen LogP contribution < -0.4 is 5.32 Å². The summed E-state index contributed by atoms with van der Waals surface area (Å²) in [5, 5.41) is 3.33. The molecule has 0 amide bonds. The minimum absolute atomic E-state index is 0.291. The molecule has 2 heterocycles. The lowest BCUT2D eigenvalue weighted by Crippen LogP contribution is -2.09. The SMILES string of the molecule is O=S1(=O)CCc2c(C3CCNC3)cccc21. The quantitative estimate of drug-likeness (QED) is 0.795. The summed E-state index contributed by atoms with van der Waals surface area (Å²) in [7, 11) is -2.98. The number of sulfone groups is 1. The van der Waals surface area contributed by atoms with E-state index in [1.165, 1.54) is 5.56 Å². The highest BCUT2D eigenvalue weighted by Gasteiger charge is 2.30. The van der Waals surface area contributed by atoms with Crippen LogP contribution in [-0.4, -0.2) is 27.3 Å². The van der Waals surface area contributed by atoms with Crippen molar-refractivity contribution < 1.29 is 8.42 Å². The Morgan fingerprint density at radius 3 is 2.94 bits per heavy atom. The molecule has 0 aromatic heterocycles. The lowest BCUT2D eigenvalue weighted by Gasteiger charge is -2.13. The summed E-state index contributed by atoms with van der Waals surface area (Å²) in [6, 6.07) is 5.73. The second-order valence-electron chi connectivity index (χ2n) is 4.58. The van der Waals surface area contributed by atoms with E-state index >= 15 is 0 Å². The Hall–Kier alpha value is -0.870. The Balaban J connectivity index is 2.12. The monoisotopic (exact) mass is 237 g/mol. The lowest BCUT2D eigenvalue weighted by molar-refractivity contribution is 0.600. The molecule has 1 aromatic carbocycles. The van der Waals surface area contributed by atoms with Crippen molar-refractivity contribution in [2.45, 2.75) is 23.7 Å². The first-order valence-corrected chi connectivity index (χ1v) is 7.39. The lowest BCUT2D eigenvalue weighted by atomic mass is 9.92. The molecule has 0 bridgehead atoms. The first kappa shape index (κ1) is 10.3. The first-order valence-electron chi connectivity index (χ1n) is 5.74. The fraction of sp³-hybridized carbons (Fsp3) is 0.500. The predicted octanol–water partition coefficient (Wildman–Crippen LogP) is 1.09. The maximum atomic E-state index is 11.8. The second kappa shape index (κ2) is 3.57. The molecule has 1 aromatic rings. The molecule has 3 nitrogen and oxygen atoms in total. The van der Waals surface area contributed by atoms with Crippen LogP contribution >= 0.6 is 0 Å². The average molecular weight is 237 g/mol. The maximum absolute atomic E-state index is 11.8. The fourth-order valence-electron chi connectivity index (χ4n) is 2.79. The van der Waals surface area contributed by atoms with Crippen molar-refractivity contribution in [3.63, 3.8) is 0 Å². The molecule has 0 spiro atoms. The maximum Gasteiger partial charge on any atom is 0.178 e. The molecule has 16 heavy (non-hydrogen) atoms. The largest absolute Gasteiger partial charge is 0.316 e.